The van der Waals surface area contributed by atoms with Gasteiger partial charge in [-0.1, -0.05) is 42.3 Å². The molecule has 2 amide bonds. The lowest BCUT2D eigenvalue weighted by molar-refractivity contribution is -0.140. The van der Waals surface area contributed by atoms with Gasteiger partial charge in [-0.15, -0.1) is 0 Å². The summed E-state index contributed by atoms with van der Waals surface area (Å²) in [5.41, 5.74) is 2.88. The molecular formula is C25H33Cl2N3O4S. The van der Waals surface area contributed by atoms with Crippen LogP contribution in [0.2, 0.25) is 10.0 Å². The third kappa shape index (κ3) is 7.85. The van der Waals surface area contributed by atoms with E-state index in [0.29, 0.717) is 27.7 Å². The minimum atomic E-state index is -3.79. The maximum atomic E-state index is 13.7. The number of anilines is 1. The van der Waals surface area contributed by atoms with Crippen LogP contribution in [0.5, 0.6) is 0 Å². The van der Waals surface area contributed by atoms with Gasteiger partial charge in [0, 0.05) is 22.6 Å². The summed E-state index contributed by atoms with van der Waals surface area (Å²) < 4.78 is 26.5. The molecule has 0 fully saturated rings. The van der Waals surface area contributed by atoms with Gasteiger partial charge >= 0.3 is 0 Å². The van der Waals surface area contributed by atoms with E-state index in [1.54, 1.807) is 37.3 Å². The summed E-state index contributed by atoms with van der Waals surface area (Å²) in [6, 6.07) is 9.16. The highest BCUT2D eigenvalue weighted by molar-refractivity contribution is 7.92. The van der Waals surface area contributed by atoms with Crippen molar-refractivity contribution >= 4 is 50.7 Å². The molecule has 0 unspecified atom stereocenters. The van der Waals surface area contributed by atoms with Crippen molar-refractivity contribution in [3.05, 3.63) is 63.1 Å². The predicted molar refractivity (Wildman–Crippen MR) is 142 cm³/mol. The Morgan fingerprint density at radius 3 is 2.20 bits per heavy atom. The number of sulfonamides is 1. The Kier molecular flexibility index (Phi) is 10.0. The van der Waals surface area contributed by atoms with Crippen LogP contribution in [-0.4, -0.2) is 50.0 Å². The van der Waals surface area contributed by atoms with E-state index in [1.165, 1.54) is 4.90 Å². The summed E-state index contributed by atoms with van der Waals surface area (Å²) >= 11 is 12.4. The van der Waals surface area contributed by atoms with E-state index in [1.807, 2.05) is 33.8 Å². The van der Waals surface area contributed by atoms with E-state index in [-0.39, 0.29) is 18.5 Å². The maximum absolute atomic E-state index is 13.7. The van der Waals surface area contributed by atoms with Crippen LogP contribution in [0.3, 0.4) is 0 Å². The standard InChI is InChI=1S/C25H33Cl2N3O4S/c1-7-23(25(32)28-16(2)3)29(14-19-9-10-20(26)13-22(19)27)24(31)15-30(35(6,33)34)21-11-8-17(4)18(5)12-21/h8-13,16,23H,7,14-15H2,1-6H3,(H,28,32)/t23-/m1/s1. The summed E-state index contributed by atoms with van der Waals surface area (Å²) in [5.74, 6) is -0.844. The van der Waals surface area contributed by atoms with Crippen molar-refractivity contribution in [3.8, 4) is 0 Å². The number of benzene rings is 2. The van der Waals surface area contributed by atoms with Gasteiger partial charge in [0.05, 0.1) is 11.9 Å². The molecule has 1 atom stereocenters. The summed E-state index contributed by atoms with van der Waals surface area (Å²) in [4.78, 5) is 28.1. The summed E-state index contributed by atoms with van der Waals surface area (Å²) in [7, 11) is -3.79. The number of hydrogen-bond acceptors (Lipinski definition) is 4. The molecule has 2 aromatic rings. The number of halogens is 2. The first kappa shape index (κ1) is 28.9. The van der Waals surface area contributed by atoms with Crippen molar-refractivity contribution in [2.24, 2.45) is 0 Å². The molecule has 2 aromatic carbocycles. The SMILES string of the molecule is CC[C@H](C(=O)NC(C)C)N(Cc1ccc(Cl)cc1Cl)C(=O)CN(c1ccc(C)c(C)c1)S(C)(=O)=O. The molecule has 0 radical (unpaired) electrons. The van der Waals surface area contributed by atoms with Crippen molar-refractivity contribution in [2.75, 3.05) is 17.1 Å². The van der Waals surface area contributed by atoms with E-state index in [0.717, 1.165) is 21.7 Å². The highest BCUT2D eigenvalue weighted by atomic mass is 35.5. The van der Waals surface area contributed by atoms with Crippen LogP contribution in [-0.2, 0) is 26.2 Å². The number of nitrogens with one attached hydrogen (secondary N) is 1. The molecule has 35 heavy (non-hydrogen) atoms. The first-order chi connectivity index (χ1) is 16.2. The van der Waals surface area contributed by atoms with Crippen LogP contribution in [0.25, 0.3) is 0 Å². The molecule has 0 bridgehead atoms. The van der Waals surface area contributed by atoms with Crippen LogP contribution >= 0.6 is 23.2 Å². The minimum Gasteiger partial charge on any atom is -0.352 e. The lowest BCUT2D eigenvalue weighted by Gasteiger charge is -2.33. The number of carbonyl (C=O) groups excluding carboxylic acids is 2. The smallest absolute Gasteiger partial charge is 0.244 e. The van der Waals surface area contributed by atoms with Gasteiger partial charge in [0.25, 0.3) is 0 Å². The Balaban J connectivity index is 2.50. The van der Waals surface area contributed by atoms with Crippen molar-refractivity contribution in [2.45, 2.75) is 59.7 Å². The van der Waals surface area contributed by atoms with Gasteiger partial charge in [0.1, 0.15) is 12.6 Å². The average molecular weight is 543 g/mol. The summed E-state index contributed by atoms with van der Waals surface area (Å²) in [5, 5.41) is 3.64. The molecule has 0 aliphatic carbocycles. The number of rotatable bonds is 10. The summed E-state index contributed by atoms with van der Waals surface area (Å²) in [6.07, 6.45) is 1.39. The van der Waals surface area contributed by atoms with E-state index < -0.39 is 28.5 Å². The Morgan fingerprint density at radius 1 is 1.03 bits per heavy atom. The van der Waals surface area contributed by atoms with Crippen LogP contribution in [0.1, 0.15) is 43.9 Å². The monoisotopic (exact) mass is 541 g/mol. The van der Waals surface area contributed by atoms with Crippen LogP contribution < -0.4 is 9.62 Å². The number of hydrogen-bond donors (Lipinski definition) is 1. The molecule has 0 heterocycles. The zero-order valence-electron chi connectivity index (χ0n) is 20.9. The molecule has 0 aliphatic rings. The van der Waals surface area contributed by atoms with Crippen LogP contribution in [0.15, 0.2) is 36.4 Å². The number of nitrogens with zero attached hydrogens (tertiary/aromatic N) is 2. The molecule has 2 rings (SSSR count). The van der Waals surface area contributed by atoms with Crippen molar-refractivity contribution in [1.82, 2.24) is 10.2 Å². The molecule has 1 N–H and O–H groups in total. The first-order valence-electron chi connectivity index (χ1n) is 11.3. The van der Waals surface area contributed by atoms with Gasteiger partial charge in [0.15, 0.2) is 0 Å². The van der Waals surface area contributed by atoms with Gasteiger partial charge in [-0.2, -0.15) is 0 Å². The fourth-order valence-corrected chi connectivity index (χ4v) is 4.94. The maximum Gasteiger partial charge on any atom is 0.244 e. The second kappa shape index (κ2) is 12.1. The van der Waals surface area contributed by atoms with Crippen LogP contribution in [0.4, 0.5) is 5.69 Å². The molecule has 10 heteroatoms. The number of aryl methyl sites for hydroxylation is 2. The molecule has 0 saturated heterocycles. The normalized spacial score (nSPS) is 12.4. The quantitative estimate of drug-likeness (QED) is 0.471. The number of carbonyl (C=O) groups is 2. The third-order valence-corrected chi connectivity index (χ3v) is 7.36. The first-order valence-corrected chi connectivity index (χ1v) is 13.9. The van der Waals surface area contributed by atoms with Gasteiger partial charge < -0.3 is 10.2 Å². The van der Waals surface area contributed by atoms with E-state index in [9.17, 15) is 18.0 Å². The van der Waals surface area contributed by atoms with Gasteiger partial charge in [-0.3, -0.25) is 13.9 Å². The van der Waals surface area contributed by atoms with Gasteiger partial charge in [-0.25, -0.2) is 8.42 Å². The minimum absolute atomic E-state index is 0.0172. The fraction of sp³-hybridized carbons (Fsp3) is 0.440. The lowest BCUT2D eigenvalue weighted by Crippen LogP contribution is -2.53. The highest BCUT2D eigenvalue weighted by Gasteiger charge is 2.32. The van der Waals surface area contributed by atoms with Crippen molar-refractivity contribution in [1.29, 1.82) is 0 Å². The molecule has 192 valence electrons. The fourth-order valence-electron chi connectivity index (χ4n) is 3.63. The Labute approximate surface area is 218 Å². The lowest BCUT2D eigenvalue weighted by atomic mass is 10.1. The van der Waals surface area contributed by atoms with Gasteiger partial charge in [0.2, 0.25) is 21.8 Å². The zero-order chi connectivity index (χ0) is 26.5. The van der Waals surface area contributed by atoms with Crippen molar-refractivity contribution < 1.29 is 18.0 Å². The topological polar surface area (TPSA) is 86.8 Å². The molecule has 0 saturated carbocycles. The number of amides is 2. The molecule has 0 aliphatic heterocycles. The summed E-state index contributed by atoms with van der Waals surface area (Å²) in [6.45, 7) is 8.81. The largest absolute Gasteiger partial charge is 0.352 e. The molecule has 7 nitrogen and oxygen atoms in total. The molecule has 0 aromatic heterocycles. The van der Waals surface area contributed by atoms with Gasteiger partial charge in [-0.05, 0) is 75.1 Å². The highest BCUT2D eigenvalue weighted by Crippen LogP contribution is 2.25. The zero-order valence-corrected chi connectivity index (χ0v) is 23.3. The second-order valence-corrected chi connectivity index (χ2v) is 11.6. The molecular weight excluding hydrogens is 509 g/mol. The van der Waals surface area contributed by atoms with E-state index in [4.69, 9.17) is 23.2 Å². The Morgan fingerprint density at radius 2 is 1.69 bits per heavy atom. The van der Waals surface area contributed by atoms with E-state index >= 15 is 0 Å². The predicted octanol–water partition coefficient (Wildman–Crippen LogP) is 4.71. The Hall–Kier alpha value is -2.29. The van der Waals surface area contributed by atoms with Crippen molar-refractivity contribution in [3.63, 3.8) is 0 Å². The second-order valence-electron chi connectivity index (χ2n) is 8.88. The molecule has 0 spiro atoms. The Bertz CT molecular complexity index is 1190. The third-order valence-electron chi connectivity index (χ3n) is 5.63. The van der Waals surface area contributed by atoms with Crippen LogP contribution in [0, 0.1) is 13.8 Å². The van der Waals surface area contributed by atoms with E-state index in [2.05, 4.69) is 5.32 Å². The average Bonchev–Trinajstić information content (AvgIpc) is 2.74.